The van der Waals surface area contributed by atoms with Gasteiger partial charge in [-0.2, -0.15) is 0 Å². The number of hydrogen-bond acceptors (Lipinski definition) is 11. The van der Waals surface area contributed by atoms with Gasteiger partial charge in [0.05, 0.1) is 6.04 Å². The minimum absolute atomic E-state index is 0. The fraction of sp³-hybridized carbons (Fsp3) is 0.385. The lowest BCUT2D eigenvalue weighted by molar-refractivity contribution is -0.144. The van der Waals surface area contributed by atoms with E-state index in [1.54, 1.807) is 41.3 Å². The van der Waals surface area contributed by atoms with Gasteiger partial charge in [-0.05, 0) is 91.6 Å². The van der Waals surface area contributed by atoms with Crippen LogP contribution in [0.15, 0.2) is 97.1 Å². The van der Waals surface area contributed by atoms with Crippen LogP contribution in [0.5, 0.6) is 0 Å². The molecule has 4 aromatic rings. The summed E-state index contributed by atoms with van der Waals surface area (Å²) in [5.74, 6) is -2.73. The van der Waals surface area contributed by atoms with Gasteiger partial charge in [-0.3, -0.25) is 19.2 Å². The van der Waals surface area contributed by atoms with Crippen molar-refractivity contribution in [2.75, 3.05) is 50.9 Å². The predicted molar refractivity (Wildman–Crippen MR) is 263 cm³/mol. The fourth-order valence-electron chi connectivity index (χ4n) is 9.95. The molecule has 2 spiro atoms. The van der Waals surface area contributed by atoms with Crippen LogP contribution in [0.1, 0.15) is 98.8 Å². The molecule has 6 N–H and O–H groups in total. The van der Waals surface area contributed by atoms with Crippen molar-refractivity contribution in [1.82, 2.24) is 30.7 Å². The average Bonchev–Trinajstić information content (AvgIpc) is 4.24. The van der Waals surface area contributed by atoms with E-state index in [2.05, 4.69) is 56.9 Å². The molecule has 2 aliphatic carbocycles. The van der Waals surface area contributed by atoms with Crippen molar-refractivity contribution in [2.45, 2.75) is 89.5 Å². The Morgan fingerprint density at radius 3 is 1.62 bits per heavy atom. The van der Waals surface area contributed by atoms with Crippen molar-refractivity contribution in [1.29, 1.82) is 0 Å². The van der Waals surface area contributed by atoms with Gasteiger partial charge in [0.25, 0.3) is 11.8 Å². The van der Waals surface area contributed by atoms with E-state index in [1.165, 1.54) is 39.0 Å². The summed E-state index contributed by atoms with van der Waals surface area (Å²) in [6.07, 6.45) is 4.11. The molecule has 4 aliphatic heterocycles. The number of rotatable bonds is 8. The summed E-state index contributed by atoms with van der Waals surface area (Å²) in [5, 5.41) is 22.5. The molecular formula is C52H62N8O11. The van der Waals surface area contributed by atoms with Gasteiger partial charge < -0.3 is 46.1 Å². The van der Waals surface area contributed by atoms with Crippen LogP contribution in [0.4, 0.5) is 30.6 Å². The number of carbonyl (C=O) groups excluding carboxylic acids is 7. The van der Waals surface area contributed by atoms with E-state index in [9.17, 15) is 38.4 Å². The summed E-state index contributed by atoms with van der Waals surface area (Å²) in [6, 6.07) is 30.4. The molecule has 0 saturated carbocycles. The SMILES string of the molecule is C.C.CNC(=O)Nc1ccc2c(c1)CC[C@]21OC(=O)N(CC(=O)N2CCC[C@H]2c2ccccc2)C1=O.CNC(=O)Nc1ccc2c(c1)CC[C@]21OC(=O)N(CC(=O)O)C1=O.c1ccc([C@@H]2CCCN2)cc1. The molecule has 0 bridgehead atoms. The number of aryl methyl sites for hydroxylation is 2. The summed E-state index contributed by atoms with van der Waals surface area (Å²) < 4.78 is 10.9. The topological polar surface area (TPSA) is 245 Å². The highest BCUT2D eigenvalue weighted by atomic mass is 16.6. The van der Waals surface area contributed by atoms with Gasteiger partial charge in [0.1, 0.15) is 13.1 Å². The maximum atomic E-state index is 13.4. The van der Waals surface area contributed by atoms with Gasteiger partial charge in [0.15, 0.2) is 0 Å². The van der Waals surface area contributed by atoms with Crippen molar-refractivity contribution < 1.29 is 52.9 Å². The van der Waals surface area contributed by atoms with Crippen LogP contribution in [0.3, 0.4) is 0 Å². The van der Waals surface area contributed by atoms with E-state index in [0.29, 0.717) is 59.3 Å². The van der Waals surface area contributed by atoms with Crippen LogP contribution in [0.2, 0.25) is 0 Å². The van der Waals surface area contributed by atoms with Crippen molar-refractivity contribution in [2.24, 2.45) is 0 Å². The Balaban J connectivity index is 0.000000193. The molecule has 0 unspecified atom stereocenters. The number of amides is 9. The van der Waals surface area contributed by atoms with E-state index in [-0.39, 0.29) is 51.8 Å². The highest BCUT2D eigenvalue weighted by Gasteiger charge is 2.60. The number of nitrogens with one attached hydrogen (secondary N) is 5. The number of fused-ring (bicyclic) bond motifs is 4. The molecule has 71 heavy (non-hydrogen) atoms. The molecule has 4 heterocycles. The molecule has 376 valence electrons. The first-order valence-electron chi connectivity index (χ1n) is 23.0. The molecule has 4 saturated heterocycles. The summed E-state index contributed by atoms with van der Waals surface area (Å²) in [4.78, 5) is 101. The quantitative estimate of drug-likeness (QED) is 0.105. The molecule has 19 nitrogen and oxygen atoms in total. The summed E-state index contributed by atoms with van der Waals surface area (Å²) in [5.41, 5.74) is 3.45. The molecule has 0 aromatic heterocycles. The third kappa shape index (κ3) is 10.7. The minimum atomic E-state index is -1.46. The Morgan fingerprint density at radius 1 is 0.662 bits per heavy atom. The van der Waals surface area contributed by atoms with Gasteiger partial charge in [-0.15, -0.1) is 0 Å². The normalized spacial score (nSPS) is 22.1. The fourth-order valence-corrected chi connectivity index (χ4v) is 9.95. The Morgan fingerprint density at radius 2 is 1.15 bits per heavy atom. The maximum Gasteiger partial charge on any atom is 0.418 e. The number of aliphatic carboxylic acids is 1. The van der Waals surface area contributed by atoms with Crippen molar-refractivity contribution in [3.8, 4) is 0 Å². The number of urea groups is 2. The summed E-state index contributed by atoms with van der Waals surface area (Å²) in [6.45, 7) is 0.698. The summed E-state index contributed by atoms with van der Waals surface area (Å²) in [7, 11) is 3.01. The number of hydrogen-bond donors (Lipinski definition) is 6. The Hall–Kier alpha value is -7.80. The van der Waals surface area contributed by atoms with E-state index in [1.807, 2.05) is 30.3 Å². The first-order chi connectivity index (χ1) is 33.3. The number of ether oxygens (including phenoxy) is 2. The zero-order valence-corrected chi connectivity index (χ0v) is 38.2. The van der Waals surface area contributed by atoms with Crippen LogP contribution in [-0.4, -0.2) is 108 Å². The zero-order chi connectivity index (χ0) is 48.9. The van der Waals surface area contributed by atoms with Gasteiger partial charge in [0, 0.05) is 62.0 Å². The molecule has 4 atom stereocenters. The van der Waals surface area contributed by atoms with E-state index < -0.39 is 47.7 Å². The number of likely N-dealkylation sites (tertiary alicyclic amines) is 1. The largest absolute Gasteiger partial charge is 0.480 e. The Labute approximate surface area is 412 Å². The van der Waals surface area contributed by atoms with E-state index in [4.69, 9.17) is 14.6 Å². The summed E-state index contributed by atoms with van der Waals surface area (Å²) >= 11 is 0. The first-order valence-corrected chi connectivity index (χ1v) is 23.0. The Bertz CT molecular complexity index is 2660. The van der Waals surface area contributed by atoms with Crippen LogP contribution in [0, 0.1) is 0 Å². The number of carboxylic acids is 1. The molecule has 19 heteroatoms. The molecule has 9 amide bonds. The van der Waals surface area contributed by atoms with Crippen LogP contribution in [-0.2, 0) is 52.7 Å². The van der Waals surface area contributed by atoms with Gasteiger partial charge in [-0.1, -0.05) is 87.6 Å². The smallest absolute Gasteiger partial charge is 0.418 e. The monoisotopic (exact) mass is 974 g/mol. The predicted octanol–water partition coefficient (Wildman–Crippen LogP) is 6.95. The second-order valence-corrected chi connectivity index (χ2v) is 17.4. The van der Waals surface area contributed by atoms with Gasteiger partial charge >= 0.3 is 30.2 Å². The second-order valence-electron chi connectivity index (χ2n) is 17.4. The van der Waals surface area contributed by atoms with E-state index >= 15 is 0 Å². The average molecular weight is 975 g/mol. The maximum absolute atomic E-state index is 13.4. The highest BCUT2D eigenvalue weighted by molar-refractivity contribution is 6.07. The number of nitrogens with zero attached hydrogens (tertiary/aromatic N) is 3. The third-order valence-corrected chi connectivity index (χ3v) is 13.3. The molecule has 4 fully saturated rings. The van der Waals surface area contributed by atoms with Crippen LogP contribution in [0.25, 0.3) is 0 Å². The second kappa shape index (κ2) is 22.3. The lowest BCUT2D eigenvalue weighted by Crippen LogP contribution is -2.44. The third-order valence-electron chi connectivity index (χ3n) is 13.3. The van der Waals surface area contributed by atoms with Gasteiger partial charge in [0.2, 0.25) is 17.1 Å². The molecule has 6 aliphatic rings. The lowest BCUT2D eigenvalue weighted by Gasteiger charge is -2.26. The van der Waals surface area contributed by atoms with Crippen molar-refractivity contribution in [3.05, 3.63) is 130 Å². The number of imide groups is 2. The van der Waals surface area contributed by atoms with Crippen molar-refractivity contribution >= 4 is 59.3 Å². The number of carbonyl (C=O) groups is 8. The van der Waals surface area contributed by atoms with E-state index in [0.717, 1.165) is 34.4 Å². The van der Waals surface area contributed by atoms with Crippen molar-refractivity contribution in [3.63, 3.8) is 0 Å². The minimum Gasteiger partial charge on any atom is -0.480 e. The standard InChI is InChI=1S/C25H26N4O5.C15H15N3O6.C10H13N.2CH4/c1-26-23(32)27-18-9-10-19-17(14-18)11-12-25(19)22(31)29(24(33)34-25)15-21(30)28-13-5-8-20(28)16-6-3-2-4-7-16;1-16-13(22)17-9-2-3-10-8(6-9)4-5-15(10)12(21)18(7-11(19)20)14(23)24-15;1-2-5-9(6-3-1)10-7-4-8-11-10;;/h2-4,6-7,9-10,14,20H,5,8,11-13,15H2,1H3,(H2,26,27,32);2-3,6H,4-5,7H2,1H3,(H,19,20)(H2,16,17,22);1-3,5-6,10-11H,4,7-8H2;2*1H4/t20-,25-;15-;10-;;/m000../s1. The van der Waals surface area contributed by atoms with Crippen LogP contribution < -0.4 is 26.6 Å². The highest BCUT2D eigenvalue weighted by Crippen LogP contribution is 2.47. The van der Waals surface area contributed by atoms with Crippen LogP contribution >= 0.6 is 0 Å². The molecule has 10 rings (SSSR count). The molecular weight excluding hydrogens is 913 g/mol. The Kier molecular flexibility index (Phi) is 16.5. The number of benzene rings is 4. The lowest BCUT2D eigenvalue weighted by atomic mass is 9.94. The van der Waals surface area contributed by atoms with Gasteiger partial charge in [-0.25, -0.2) is 29.0 Å². The molecule has 0 radical (unpaired) electrons. The number of carboxylic acid groups (broad SMARTS) is 1. The first kappa shape index (κ1) is 52.6. The zero-order valence-electron chi connectivity index (χ0n) is 38.2. The number of anilines is 2. The molecule has 4 aromatic carbocycles.